The van der Waals surface area contributed by atoms with Gasteiger partial charge in [0.05, 0.1) is 14.2 Å². The maximum atomic E-state index is 5.30. The van der Waals surface area contributed by atoms with Crippen LogP contribution in [0.15, 0.2) is 18.2 Å². The molecule has 1 aromatic carbocycles. The number of benzene rings is 1. The highest BCUT2D eigenvalue weighted by Gasteiger charge is 2.03. The van der Waals surface area contributed by atoms with E-state index in [1.807, 2.05) is 18.2 Å². The molecule has 3 nitrogen and oxygen atoms in total. The Bertz CT molecular complexity index is 379. The number of unbranched alkanes of at least 4 members (excludes halogenated alkanes) is 7. The Balaban J connectivity index is 2.12. The van der Waals surface area contributed by atoms with Crippen molar-refractivity contribution in [1.82, 2.24) is 0 Å². The number of anilines is 1. The normalized spacial score (nSPS) is 10.4. The number of rotatable bonds is 12. The molecule has 0 amide bonds. The Morgan fingerprint density at radius 3 is 2.05 bits per heavy atom. The lowest BCUT2D eigenvalue weighted by molar-refractivity contribution is 0.355. The molecule has 1 N–H and O–H groups in total. The Morgan fingerprint density at radius 2 is 1.43 bits per heavy atom. The van der Waals surface area contributed by atoms with E-state index in [0.717, 1.165) is 23.7 Å². The predicted molar refractivity (Wildman–Crippen MR) is 90.6 cm³/mol. The molecule has 21 heavy (non-hydrogen) atoms. The monoisotopic (exact) mass is 293 g/mol. The highest BCUT2D eigenvalue weighted by atomic mass is 16.5. The lowest BCUT2D eigenvalue weighted by Gasteiger charge is -2.11. The highest BCUT2D eigenvalue weighted by molar-refractivity contribution is 5.54. The average molecular weight is 293 g/mol. The zero-order valence-electron chi connectivity index (χ0n) is 13.9. The van der Waals surface area contributed by atoms with Crippen LogP contribution in [0.4, 0.5) is 5.69 Å². The summed E-state index contributed by atoms with van der Waals surface area (Å²) in [6.07, 6.45) is 10.8. The van der Waals surface area contributed by atoms with Gasteiger partial charge in [0.1, 0.15) is 0 Å². The van der Waals surface area contributed by atoms with Crippen LogP contribution in [-0.2, 0) is 0 Å². The highest BCUT2D eigenvalue weighted by Crippen LogP contribution is 2.29. The minimum absolute atomic E-state index is 0.773. The van der Waals surface area contributed by atoms with Crippen LogP contribution in [0.2, 0.25) is 0 Å². The van der Waals surface area contributed by atoms with Crippen molar-refractivity contribution in [3.05, 3.63) is 18.2 Å². The van der Waals surface area contributed by atoms with Gasteiger partial charge in [-0.3, -0.25) is 0 Å². The van der Waals surface area contributed by atoms with E-state index in [0.29, 0.717) is 0 Å². The molecule has 1 rings (SSSR count). The number of hydrogen-bond acceptors (Lipinski definition) is 3. The molecule has 0 saturated carbocycles. The van der Waals surface area contributed by atoms with Crippen LogP contribution < -0.4 is 14.8 Å². The quantitative estimate of drug-likeness (QED) is 0.533. The molecule has 0 radical (unpaired) electrons. The van der Waals surface area contributed by atoms with Crippen molar-refractivity contribution in [1.29, 1.82) is 0 Å². The fourth-order valence-electron chi connectivity index (χ4n) is 2.44. The van der Waals surface area contributed by atoms with Gasteiger partial charge in [0, 0.05) is 18.3 Å². The van der Waals surface area contributed by atoms with E-state index >= 15 is 0 Å². The Labute approximate surface area is 130 Å². The molecule has 1 aromatic rings. The second-order valence-corrected chi connectivity index (χ2v) is 5.47. The summed E-state index contributed by atoms with van der Waals surface area (Å²) in [5, 5.41) is 3.45. The third-order valence-corrected chi connectivity index (χ3v) is 3.74. The lowest BCUT2D eigenvalue weighted by Crippen LogP contribution is -2.02. The molecule has 120 valence electrons. The van der Waals surface area contributed by atoms with Gasteiger partial charge < -0.3 is 14.8 Å². The maximum Gasteiger partial charge on any atom is 0.162 e. The van der Waals surface area contributed by atoms with Crippen LogP contribution in [0, 0.1) is 0 Å². The van der Waals surface area contributed by atoms with Crippen molar-refractivity contribution in [2.45, 2.75) is 58.3 Å². The van der Waals surface area contributed by atoms with Gasteiger partial charge in [-0.1, -0.05) is 51.9 Å². The predicted octanol–water partition coefficient (Wildman–Crippen LogP) is 5.26. The molecule has 0 bridgehead atoms. The molecule has 0 atom stereocenters. The summed E-state index contributed by atoms with van der Waals surface area (Å²) in [5.74, 6) is 1.55. The summed E-state index contributed by atoms with van der Waals surface area (Å²) in [6.45, 7) is 3.28. The van der Waals surface area contributed by atoms with E-state index in [1.165, 1.54) is 51.4 Å². The first-order valence-electron chi connectivity index (χ1n) is 8.27. The van der Waals surface area contributed by atoms with Crippen LogP contribution in [-0.4, -0.2) is 20.8 Å². The van der Waals surface area contributed by atoms with E-state index in [4.69, 9.17) is 9.47 Å². The summed E-state index contributed by atoms with van der Waals surface area (Å²) in [4.78, 5) is 0. The van der Waals surface area contributed by atoms with Crippen LogP contribution in [0.3, 0.4) is 0 Å². The summed E-state index contributed by atoms with van der Waals surface area (Å²) in [5.41, 5.74) is 1.09. The molecular weight excluding hydrogens is 262 g/mol. The molecule has 0 aliphatic carbocycles. The lowest BCUT2D eigenvalue weighted by atomic mass is 10.1. The van der Waals surface area contributed by atoms with Crippen LogP contribution in [0.5, 0.6) is 11.5 Å². The number of hydrogen-bond donors (Lipinski definition) is 1. The third-order valence-electron chi connectivity index (χ3n) is 3.74. The third kappa shape index (κ3) is 7.26. The van der Waals surface area contributed by atoms with Gasteiger partial charge >= 0.3 is 0 Å². The molecule has 0 unspecified atom stereocenters. The number of nitrogens with one attached hydrogen (secondary N) is 1. The molecular formula is C18H31NO2. The fourth-order valence-corrected chi connectivity index (χ4v) is 2.44. The first kappa shape index (κ1) is 17.7. The minimum Gasteiger partial charge on any atom is -0.493 e. The molecule has 0 aromatic heterocycles. The van der Waals surface area contributed by atoms with Crippen molar-refractivity contribution < 1.29 is 9.47 Å². The molecule has 0 fully saturated rings. The fraction of sp³-hybridized carbons (Fsp3) is 0.667. The zero-order chi connectivity index (χ0) is 15.3. The Hall–Kier alpha value is -1.38. The summed E-state index contributed by atoms with van der Waals surface area (Å²) < 4.78 is 10.5. The minimum atomic E-state index is 0.773. The topological polar surface area (TPSA) is 30.5 Å². The SMILES string of the molecule is CCCCCCCCCCNc1ccc(OC)c(OC)c1. The standard InChI is InChI=1S/C18H31NO2/c1-4-5-6-7-8-9-10-11-14-19-16-12-13-17(20-2)18(15-16)21-3/h12-13,15,19H,4-11,14H2,1-3H3. The first-order chi connectivity index (χ1) is 10.3. The van der Waals surface area contributed by atoms with Gasteiger partial charge in [0.25, 0.3) is 0 Å². The smallest absolute Gasteiger partial charge is 0.162 e. The van der Waals surface area contributed by atoms with Crippen molar-refractivity contribution in [3.63, 3.8) is 0 Å². The van der Waals surface area contributed by atoms with Gasteiger partial charge in [-0.25, -0.2) is 0 Å². The Kier molecular flexibility index (Phi) is 9.51. The van der Waals surface area contributed by atoms with Crippen molar-refractivity contribution >= 4 is 5.69 Å². The number of ether oxygens (including phenoxy) is 2. The van der Waals surface area contributed by atoms with Crippen LogP contribution in [0.25, 0.3) is 0 Å². The van der Waals surface area contributed by atoms with Gasteiger partial charge in [0.15, 0.2) is 11.5 Å². The van der Waals surface area contributed by atoms with E-state index in [2.05, 4.69) is 12.2 Å². The molecule has 3 heteroatoms. The maximum absolute atomic E-state index is 5.30. The largest absolute Gasteiger partial charge is 0.493 e. The second-order valence-electron chi connectivity index (χ2n) is 5.47. The van der Waals surface area contributed by atoms with Crippen LogP contribution in [0.1, 0.15) is 58.3 Å². The average Bonchev–Trinajstić information content (AvgIpc) is 2.53. The van der Waals surface area contributed by atoms with E-state index in [-0.39, 0.29) is 0 Å². The van der Waals surface area contributed by atoms with E-state index in [1.54, 1.807) is 14.2 Å². The molecule has 0 aliphatic heterocycles. The molecule has 0 aliphatic rings. The first-order valence-corrected chi connectivity index (χ1v) is 8.27. The zero-order valence-corrected chi connectivity index (χ0v) is 13.9. The van der Waals surface area contributed by atoms with Gasteiger partial charge in [-0.05, 0) is 18.6 Å². The van der Waals surface area contributed by atoms with Gasteiger partial charge in [-0.2, -0.15) is 0 Å². The van der Waals surface area contributed by atoms with E-state index in [9.17, 15) is 0 Å². The van der Waals surface area contributed by atoms with Crippen molar-refractivity contribution in [2.75, 3.05) is 26.1 Å². The molecule has 0 heterocycles. The molecule has 0 saturated heterocycles. The summed E-state index contributed by atoms with van der Waals surface area (Å²) in [7, 11) is 3.33. The molecule has 0 spiro atoms. The Morgan fingerprint density at radius 1 is 0.810 bits per heavy atom. The summed E-state index contributed by atoms with van der Waals surface area (Å²) >= 11 is 0. The second kappa shape index (κ2) is 11.3. The van der Waals surface area contributed by atoms with Crippen LogP contribution >= 0.6 is 0 Å². The van der Waals surface area contributed by atoms with Crippen molar-refractivity contribution in [3.8, 4) is 11.5 Å². The summed E-state index contributed by atoms with van der Waals surface area (Å²) in [6, 6.07) is 5.96. The van der Waals surface area contributed by atoms with Gasteiger partial charge in [0.2, 0.25) is 0 Å². The van der Waals surface area contributed by atoms with Crippen molar-refractivity contribution in [2.24, 2.45) is 0 Å². The van der Waals surface area contributed by atoms with Gasteiger partial charge in [-0.15, -0.1) is 0 Å². The number of methoxy groups -OCH3 is 2. The van der Waals surface area contributed by atoms with E-state index < -0.39 is 0 Å².